The summed E-state index contributed by atoms with van der Waals surface area (Å²) < 4.78 is 0. The van der Waals surface area contributed by atoms with Crippen LogP contribution in [0.1, 0.15) is 11.1 Å². The molecule has 0 bridgehead atoms. The molecule has 0 aliphatic carbocycles. The Balaban J connectivity index is 1.54. The van der Waals surface area contributed by atoms with Crippen LogP contribution in [0.2, 0.25) is 5.02 Å². The number of nitrogens with zero attached hydrogens (tertiary/aromatic N) is 1. The molecule has 0 spiro atoms. The molecule has 1 saturated heterocycles. The van der Waals surface area contributed by atoms with E-state index in [4.69, 9.17) is 11.6 Å². The maximum atomic E-state index is 12.4. The molecule has 3 rings (SSSR count). The number of carbonyl (C=O) groups is 3. The van der Waals surface area contributed by atoms with E-state index in [-0.39, 0.29) is 13.1 Å². The van der Waals surface area contributed by atoms with Crippen LogP contribution in [0, 0.1) is 0 Å². The Kier molecular flexibility index (Phi) is 5.53. The lowest BCUT2D eigenvalue weighted by molar-refractivity contribution is -0.132. The molecule has 0 radical (unpaired) electrons. The van der Waals surface area contributed by atoms with Gasteiger partial charge in [0.15, 0.2) is 0 Å². The van der Waals surface area contributed by atoms with E-state index in [9.17, 15) is 14.4 Å². The van der Waals surface area contributed by atoms with Crippen molar-refractivity contribution in [3.8, 4) is 0 Å². The lowest BCUT2D eigenvalue weighted by Gasteiger charge is -2.13. The monoisotopic (exact) mass is 371 g/mol. The van der Waals surface area contributed by atoms with Gasteiger partial charge in [-0.15, -0.1) is 0 Å². The fourth-order valence-electron chi connectivity index (χ4n) is 2.76. The van der Waals surface area contributed by atoms with Gasteiger partial charge in [0.25, 0.3) is 5.91 Å². The quantitative estimate of drug-likeness (QED) is 0.763. The number of amides is 4. The zero-order chi connectivity index (χ0) is 18.5. The molecule has 1 unspecified atom stereocenters. The van der Waals surface area contributed by atoms with Crippen LogP contribution >= 0.6 is 11.6 Å². The predicted molar refractivity (Wildman–Crippen MR) is 97.5 cm³/mol. The second-order valence-electron chi connectivity index (χ2n) is 6.02. The molecule has 1 aliphatic rings. The molecule has 2 aromatic rings. The van der Waals surface area contributed by atoms with E-state index < -0.39 is 23.9 Å². The number of benzene rings is 2. The van der Waals surface area contributed by atoms with Crippen molar-refractivity contribution in [2.45, 2.75) is 19.0 Å². The molecule has 26 heavy (non-hydrogen) atoms. The van der Waals surface area contributed by atoms with Gasteiger partial charge in [-0.3, -0.25) is 14.5 Å². The molecule has 1 heterocycles. The number of urea groups is 1. The van der Waals surface area contributed by atoms with Crippen molar-refractivity contribution in [2.24, 2.45) is 0 Å². The highest BCUT2D eigenvalue weighted by Crippen LogP contribution is 2.13. The largest absolute Gasteiger partial charge is 0.350 e. The number of rotatable bonds is 6. The average molecular weight is 372 g/mol. The van der Waals surface area contributed by atoms with Gasteiger partial charge in [0, 0.05) is 18.0 Å². The highest BCUT2D eigenvalue weighted by molar-refractivity contribution is 6.30. The number of hydrogen-bond donors (Lipinski definition) is 2. The van der Waals surface area contributed by atoms with Crippen LogP contribution < -0.4 is 10.6 Å². The van der Waals surface area contributed by atoms with Gasteiger partial charge in [-0.1, -0.05) is 54.1 Å². The van der Waals surface area contributed by atoms with Gasteiger partial charge in [-0.05, 0) is 23.3 Å². The highest BCUT2D eigenvalue weighted by Gasteiger charge is 2.38. The summed E-state index contributed by atoms with van der Waals surface area (Å²) in [5.41, 5.74) is 1.78. The van der Waals surface area contributed by atoms with Gasteiger partial charge in [0.2, 0.25) is 5.91 Å². The van der Waals surface area contributed by atoms with E-state index in [1.165, 1.54) is 0 Å². The minimum absolute atomic E-state index is 0.274. The number of imide groups is 1. The Hall–Kier alpha value is -2.86. The van der Waals surface area contributed by atoms with Gasteiger partial charge >= 0.3 is 6.03 Å². The van der Waals surface area contributed by atoms with Crippen molar-refractivity contribution in [3.63, 3.8) is 0 Å². The SMILES string of the molecule is O=C(CN1C(=O)NC(Cc2ccccc2)C1=O)NCc1cccc(Cl)c1. The lowest BCUT2D eigenvalue weighted by Crippen LogP contribution is -2.41. The number of carbonyl (C=O) groups excluding carboxylic acids is 3. The first-order valence-corrected chi connectivity index (χ1v) is 8.57. The Labute approximate surface area is 156 Å². The van der Waals surface area contributed by atoms with E-state index in [2.05, 4.69) is 10.6 Å². The number of halogens is 1. The van der Waals surface area contributed by atoms with Crippen LogP contribution in [-0.2, 0) is 22.6 Å². The summed E-state index contributed by atoms with van der Waals surface area (Å²) in [6, 6.07) is 15.3. The molecule has 7 heteroatoms. The van der Waals surface area contributed by atoms with Gasteiger partial charge in [-0.2, -0.15) is 0 Å². The number of nitrogens with one attached hydrogen (secondary N) is 2. The van der Waals surface area contributed by atoms with Crippen LogP contribution in [0.15, 0.2) is 54.6 Å². The smallest absolute Gasteiger partial charge is 0.325 e. The first-order valence-electron chi connectivity index (χ1n) is 8.20. The molecule has 0 saturated carbocycles. The third-order valence-electron chi connectivity index (χ3n) is 4.07. The van der Waals surface area contributed by atoms with E-state index in [1.807, 2.05) is 36.4 Å². The van der Waals surface area contributed by atoms with Crippen molar-refractivity contribution in [3.05, 3.63) is 70.7 Å². The first-order chi connectivity index (χ1) is 12.5. The van der Waals surface area contributed by atoms with Crippen molar-refractivity contribution >= 4 is 29.4 Å². The third kappa shape index (κ3) is 4.40. The highest BCUT2D eigenvalue weighted by atomic mass is 35.5. The molecule has 1 atom stereocenters. The maximum Gasteiger partial charge on any atom is 0.325 e. The van der Waals surface area contributed by atoms with Crippen LogP contribution in [0.4, 0.5) is 4.79 Å². The molecular formula is C19H18ClN3O3. The Morgan fingerprint density at radius 1 is 1.08 bits per heavy atom. The molecular weight excluding hydrogens is 354 g/mol. The summed E-state index contributed by atoms with van der Waals surface area (Å²) in [6.45, 7) is -0.0347. The maximum absolute atomic E-state index is 12.4. The van der Waals surface area contributed by atoms with Crippen molar-refractivity contribution in [2.75, 3.05) is 6.54 Å². The van der Waals surface area contributed by atoms with Crippen LogP contribution in [0.3, 0.4) is 0 Å². The van der Waals surface area contributed by atoms with Crippen LogP contribution in [0.5, 0.6) is 0 Å². The Morgan fingerprint density at radius 3 is 2.54 bits per heavy atom. The summed E-state index contributed by atoms with van der Waals surface area (Å²) in [4.78, 5) is 37.5. The zero-order valence-electron chi connectivity index (χ0n) is 13.9. The average Bonchev–Trinajstić information content (AvgIpc) is 2.88. The Morgan fingerprint density at radius 2 is 1.81 bits per heavy atom. The summed E-state index contributed by atoms with van der Waals surface area (Å²) in [7, 11) is 0. The zero-order valence-corrected chi connectivity index (χ0v) is 14.7. The topological polar surface area (TPSA) is 78.5 Å². The molecule has 1 aliphatic heterocycles. The summed E-state index contributed by atoms with van der Waals surface area (Å²) >= 11 is 5.90. The molecule has 2 N–H and O–H groups in total. The minimum Gasteiger partial charge on any atom is -0.350 e. The van der Waals surface area contributed by atoms with Gasteiger partial charge < -0.3 is 10.6 Å². The first kappa shape index (κ1) is 17.9. The van der Waals surface area contributed by atoms with Crippen molar-refractivity contribution < 1.29 is 14.4 Å². The van der Waals surface area contributed by atoms with Gasteiger partial charge in [0.1, 0.15) is 12.6 Å². The number of hydrogen-bond acceptors (Lipinski definition) is 3. The normalized spacial score (nSPS) is 16.5. The molecule has 1 fully saturated rings. The molecule has 4 amide bonds. The van der Waals surface area contributed by atoms with Gasteiger partial charge in [0.05, 0.1) is 0 Å². The van der Waals surface area contributed by atoms with E-state index >= 15 is 0 Å². The third-order valence-corrected chi connectivity index (χ3v) is 4.31. The molecule has 6 nitrogen and oxygen atoms in total. The molecule has 2 aromatic carbocycles. The summed E-state index contributed by atoms with van der Waals surface area (Å²) in [6.07, 6.45) is 0.395. The van der Waals surface area contributed by atoms with E-state index in [0.29, 0.717) is 11.4 Å². The Bertz CT molecular complexity index is 826. The van der Waals surface area contributed by atoms with Crippen molar-refractivity contribution in [1.29, 1.82) is 0 Å². The standard InChI is InChI=1S/C19H18ClN3O3/c20-15-8-4-7-14(9-15)11-21-17(24)12-23-18(25)16(22-19(23)26)10-13-5-2-1-3-6-13/h1-9,16H,10-12H2,(H,21,24)(H,22,26). The molecule has 0 aromatic heterocycles. The second kappa shape index (κ2) is 8.01. The second-order valence-corrected chi connectivity index (χ2v) is 6.46. The van der Waals surface area contributed by atoms with Crippen molar-refractivity contribution in [1.82, 2.24) is 15.5 Å². The fourth-order valence-corrected chi connectivity index (χ4v) is 2.97. The van der Waals surface area contributed by atoms with Gasteiger partial charge in [-0.25, -0.2) is 4.79 Å². The van der Waals surface area contributed by atoms with Crippen LogP contribution in [-0.4, -0.2) is 35.3 Å². The lowest BCUT2D eigenvalue weighted by atomic mass is 10.1. The minimum atomic E-state index is -0.648. The summed E-state index contributed by atoms with van der Waals surface area (Å²) in [5.74, 6) is -0.800. The fraction of sp³-hybridized carbons (Fsp3) is 0.211. The molecule has 134 valence electrons. The van der Waals surface area contributed by atoms with E-state index in [0.717, 1.165) is 16.0 Å². The predicted octanol–water partition coefficient (Wildman–Crippen LogP) is 2.12. The van der Waals surface area contributed by atoms with E-state index in [1.54, 1.807) is 18.2 Å². The summed E-state index contributed by atoms with van der Waals surface area (Å²) in [5, 5.41) is 5.89. The van der Waals surface area contributed by atoms with Crippen LogP contribution in [0.25, 0.3) is 0 Å².